The average Bonchev–Trinajstić information content (AvgIpc) is 3.09. The number of nitrogens with one attached hydrogen (secondary N) is 1. The number of ether oxygens (including phenoxy) is 1. The maximum absolute atomic E-state index is 13.1. The average molecular weight is 489 g/mol. The first-order chi connectivity index (χ1) is 15.8. The third-order valence-electron chi connectivity index (χ3n) is 5.43. The molecule has 1 saturated heterocycles. The maximum Gasteiger partial charge on any atom is 0.262 e. The SMILES string of the molecule is Cc1nc(OCC(=O)Nc2cc(S(=O)(=O)N3CCCCCC3)ccc2Cl)c2ccccc2n1. The fourth-order valence-corrected chi connectivity index (χ4v) is 5.49. The highest BCUT2D eigenvalue weighted by molar-refractivity contribution is 7.89. The highest BCUT2D eigenvalue weighted by atomic mass is 35.5. The molecule has 0 saturated carbocycles. The number of aryl methyl sites for hydroxylation is 1. The molecule has 1 aliphatic rings. The van der Waals surface area contributed by atoms with E-state index in [0.29, 0.717) is 30.2 Å². The van der Waals surface area contributed by atoms with Crippen LogP contribution in [0.25, 0.3) is 10.9 Å². The molecule has 0 atom stereocenters. The van der Waals surface area contributed by atoms with Gasteiger partial charge in [0.15, 0.2) is 6.61 Å². The van der Waals surface area contributed by atoms with Gasteiger partial charge in [-0.3, -0.25) is 4.79 Å². The lowest BCUT2D eigenvalue weighted by Gasteiger charge is -2.20. The van der Waals surface area contributed by atoms with E-state index in [1.165, 1.54) is 22.5 Å². The molecule has 0 bridgehead atoms. The summed E-state index contributed by atoms with van der Waals surface area (Å²) in [6.45, 7) is 2.41. The molecule has 8 nitrogen and oxygen atoms in total. The van der Waals surface area contributed by atoms with Crippen molar-refractivity contribution in [3.8, 4) is 5.88 Å². The second-order valence-corrected chi connectivity index (χ2v) is 10.2. The van der Waals surface area contributed by atoms with Crippen LogP contribution in [0.2, 0.25) is 5.02 Å². The smallest absolute Gasteiger partial charge is 0.262 e. The molecule has 2 aromatic carbocycles. The van der Waals surface area contributed by atoms with Crippen LogP contribution in [0.1, 0.15) is 31.5 Å². The molecule has 0 unspecified atom stereocenters. The van der Waals surface area contributed by atoms with E-state index in [-0.39, 0.29) is 22.2 Å². The van der Waals surface area contributed by atoms with Crippen molar-refractivity contribution in [2.75, 3.05) is 25.0 Å². The zero-order chi connectivity index (χ0) is 23.4. The van der Waals surface area contributed by atoms with Crippen molar-refractivity contribution in [1.82, 2.24) is 14.3 Å². The van der Waals surface area contributed by atoms with Gasteiger partial charge in [0.2, 0.25) is 15.9 Å². The van der Waals surface area contributed by atoms with Crippen molar-refractivity contribution < 1.29 is 17.9 Å². The van der Waals surface area contributed by atoms with Crippen LogP contribution in [0, 0.1) is 6.92 Å². The quantitative estimate of drug-likeness (QED) is 0.558. The number of benzene rings is 2. The predicted molar refractivity (Wildman–Crippen MR) is 127 cm³/mol. The van der Waals surface area contributed by atoms with Crippen LogP contribution in [-0.4, -0.2) is 48.3 Å². The van der Waals surface area contributed by atoms with Crippen LogP contribution in [0.3, 0.4) is 0 Å². The van der Waals surface area contributed by atoms with Crippen molar-refractivity contribution >= 4 is 44.1 Å². The summed E-state index contributed by atoms with van der Waals surface area (Å²) >= 11 is 6.23. The van der Waals surface area contributed by atoms with Gasteiger partial charge in [0, 0.05) is 13.1 Å². The Bertz CT molecular complexity index is 1270. The standard InChI is InChI=1S/C23H25ClN4O4S/c1-16-25-20-9-5-4-8-18(20)23(26-16)32-15-22(29)27-21-14-17(10-11-19(21)24)33(30,31)28-12-6-2-3-7-13-28/h4-5,8-11,14H,2-3,6-7,12-13,15H2,1H3,(H,27,29). The summed E-state index contributed by atoms with van der Waals surface area (Å²) in [5.41, 5.74) is 0.930. The topological polar surface area (TPSA) is 101 Å². The number of fused-ring (bicyclic) bond motifs is 1. The lowest BCUT2D eigenvalue weighted by atomic mass is 10.2. The molecular formula is C23H25ClN4O4S. The van der Waals surface area contributed by atoms with E-state index < -0.39 is 15.9 Å². The Hall–Kier alpha value is -2.75. The minimum absolute atomic E-state index is 0.0995. The third-order valence-corrected chi connectivity index (χ3v) is 7.66. The van der Waals surface area contributed by atoms with Gasteiger partial charge in [-0.25, -0.2) is 13.4 Å². The fourth-order valence-electron chi connectivity index (χ4n) is 3.78. The first kappa shape index (κ1) is 23.4. The number of aromatic nitrogens is 2. The number of hydrogen-bond donors (Lipinski definition) is 1. The molecule has 33 heavy (non-hydrogen) atoms. The number of halogens is 1. The summed E-state index contributed by atoms with van der Waals surface area (Å²) in [6.07, 6.45) is 3.72. The molecule has 1 amide bonds. The number of carbonyl (C=O) groups is 1. The highest BCUT2D eigenvalue weighted by Gasteiger charge is 2.26. The van der Waals surface area contributed by atoms with Crippen LogP contribution < -0.4 is 10.1 Å². The number of hydrogen-bond acceptors (Lipinski definition) is 6. The molecule has 4 rings (SSSR count). The lowest BCUT2D eigenvalue weighted by molar-refractivity contribution is -0.118. The van der Waals surface area contributed by atoms with E-state index in [2.05, 4.69) is 15.3 Å². The molecule has 0 radical (unpaired) electrons. The third kappa shape index (κ3) is 5.43. The zero-order valence-electron chi connectivity index (χ0n) is 18.3. The van der Waals surface area contributed by atoms with E-state index >= 15 is 0 Å². The van der Waals surface area contributed by atoms with Crippen molar-refractivity contribution in [3.63, 3.8) is 0 Å². The van der Waals surface area contributed by atoms with E-state index in [4.69, 9.17) is 16.3 Å². The highest BCUT2D eigenvalue weighted by Crippen LogP contribution is 2.28. The van der Waals surface area contributed by atoms with Gasteiger partial charge < -0.3 is 10.1 Å². The van der Waals surface area contributed by atoms with Crippen molar-refractivity contribution in [2.45, 2.75) is 37.5 Å². The molecule has 0 spiro atoms. The first-order valence-corrected chi connectivity index (χ1v) is 12.6. The number of rotatable bonds is 6. The summed E-state index contributed by atoms with van der Waals surface area (Å²) in [6, 6.07) is 11.7. The van der Waals surface area contributed by atoms with Crippen molar-refractivity contribution in [2.24, 2.45) is 0 Å². The van der Waals surface area contributed by atoms with Crippen molar-refractivity contribution in [1.29, 1.82) is 0 Å². The number of anilines is 1. The largest absolute Gasteiger partial charge is 0.467 e. The van der Waals surface area contributed by atoms with Crippen LogP contribution >= 0.6 is 11.6 Å². The first-order valence-electron chi connectivity index (χ1n) is 10.8. The predicted octanol–water partition coefficient (Wildman–Crippen LogP) is 4.17. The van der Waals surface area contributed by atoms with Gasteiger partial charge in [-0.1, -0.05) is 36.6 Å². The van der Waals surface area contributed by atoms with Gasteiger partial charge in [-0.2, -0.15) is 9.29 Å². The molecule has 2 heterocycles. The molecule has 1 fully saturated rings. The van der Waals surface area contributed by atoms with E-state index in [1.54, 1.807) is 6.92 Å². The summed E-state index contributed by atoms with van der Waals surface area (Å²) in [4.78, 5) is 21.3. The molecule has 0 aliphatic carbocycles. The number of sulfonamides is 1. The van der Waals surface area contributed by atoms with Crippen molar-refractivity contribution in [3.05, 3.63) is 53.3 Å². The Morgan fingerprint density at radius 1 is 1.09 bits per heavy atom. The van der Waals surface area contributed by atoms with Gasteiger partial charge in [0.25, 0.3) is 5.91 Å². The van der Waals surface area contributed by atoms with E-state index in [9.17, 15) is 13.2 Å². The second-order valence-electron chi connectivity index (χ2n) is 7.89. The number of carbonyl (C=O) groups excluding carboxylic acids is 1. The lowest BCUT2D eigenvalue weighted by Crippen LogP contribution is -2.32. The summed E-state index contributed by atoms with van der Waals surface area (Å²) in [7, 11) is -3.67. The molecule has 174 valence electrons. The molecule has 1 N–H and O–H groups in total. The summed E-state index contributed by atoms with van der Waals surface area (Å²) in [5, 5.41) is 3.58. The van der Waals surface area contributed by atoms with E-state index in [0.717, 1.165) is 31.2 Å². The van der Waals surface area contributed by atoms with Gasteiger partial charge >= 0.3 is 0 Å². The molecule has 1 aromatic heterocycles. The summed E-state index contributed by atoms with van der Waals surface area (Å²) < 4.78 is 33.3. The van der Waals surface area contributed by atoms with Crippen LogP contribution in [-0.2, 0) is 14.8 Å². The number of amides is 1. The Balaban J connectivity index is 1.48. The van der Waals surface area contributed by atoms with Gasteiger partial charge in [0.05, 0.1) is 26.5 Å². The van der Waals surface area contributed by atoms with Crippen LogP contribution in [0.4, 0.5) is 5.69 Å². The van der Waals surface area contributed by atoms with E-state index in [1.807, 2.05) is 24.3 Å². The normalized spacial score (nSPS) is 15.2. The summed E-state index contributed by atoms with van der Waals surface area (Å²) in [5.74, 6) is 0.344. The minimum Gasteiger partial charge on any atom is -0.467 e. The molecule has 1 aliphatic heterocycles. The molecule has 3 aromatic rings. The Morgan fingerprint density at radius 3 is 2.58 bits per heavy atom. The van der Waals surface area contributed by atoms with Crippen LogP contribution in [0.15, 0.2) is 47.4 Å². The maximum atomic E-state index is 13.1. The molecular weight excluding hydrogens is 464 g/mol. The van der Waals surface area contributed by atoms with Gasteiger partial charge in [-0.05, 0) is 50.1 Å². The Kier molecular flexibility index (Phi) is 7.11. The molecule has 10 heteroatoms. The fraction of sp³-hybridized carbons (Fsp3) is 0.348. The zero-order valence-corrected chi connectivity index (χ0v) is 19.8. The Morgan fingerprint density at radius 2 is 1.82 bits per heavy atom. The van der Waals surface area contributed by atoms with Crippen LogP contribution in [0.5, 0.6) is 5.88 Å². The second kappa shape index (κ2) is 10.0. The monoisotopic (exact) mass is 488 g/mol. The van der Waals surface area contributed by atoms with Gasteiger partial charge in [0.1, 0.15) is 5.82 Å². The Labute approximate surface area is 198 Å². The number of para-hydroxylation sites is 1. The minimum atomic E-state index is -3.67. The number of nitrogens with zero attached hydrogens (tertiary/aromatic N) is 3. The van der Waals surface area contributed by atoms with Gasteiger partial charge in [-0.15, -0.1) is 0 Å².